The van der Waals surface area contributed by atoms with E-state index >= 15 is 0 Å². The van der Waals surface area contributed by atoms with E-state index in [1.54, 1.807) is 4.90 Å². The molecule has 0 radical (unpaired) electrons. The minimum atomic E-state index is -0.812. The molecule has 1 N–H and O–H groups in total. The molecule has 104 valence electrons. The second-order valence-corrected chi connectivity index (χ2v) is 6.40. The van der Waals surface area contributed by atoms with Gasteiger partial charge in [0.2, 0.25) is 0 Å². The van der Waals surface area contributed by atoms with Crippen LogP contribution >= 0.6 is 0 Å². The highest BCUT2D eigenvalue weighted by molar-refractivity contribution is 5.66. The largest absolute Gasteiger partial charge is 0.465 e. The highest BCUT2D eigenvalue weighted by Crippen LogP contribution is 2.25. The zero-order chi connectivity index (χ0) is 13.3. The summed E-state index contributed by atoms with van der Waals surface area (Å²) in [7, 11) is 0. The van der Waals surface area contributed by atoms with E-state index in [-0.39, 0.29) is 5.54 Å². The lowest BCUT2D eigenvalue weighted by atomic mass is 10.0. The van der Waals surface area contributed by atoms with Gasteiger partial charge < -0.3 is 14.7 Å². The zero-order valence-corrected chi connectivity index (χ0v) is 11.6. The molecule has 0 aliphatic carbocycles. The maximum atomic E-state index is 11.3. The van der Waals surface area contributed by atoms with Crippen molar-refractivity contribution in [3.63, 3.8) is 0 Å². The summed E-state index contributed by atoms with van der Waals surface area (Å²) < 4.78 is 5.21. The van der Waals surface area contributed by atoms with Crippen molar-refractivity contribution in [2.45, 2.75) is 38.8 Å². The lowest BCUT2D eigenvalue weighted by Crippen LogP contribution is -2.49. The molecule has 2 aliphatic rings. The van der Waals surface area contributed by atoms with Gasteiger partial charge in [0.25, 0.3) is 0 Å². The van der Waals surface area contributed by atoms with Crippen molar-refractivity contribution in [1.29, 1.82) is 0 Å². The van der Waals surface area contributed by atoms with E-state index in [1.165, 1.54) is 0 Å². The summed E-state index contributed by atoms with van der Waals surface area (Å²) in [5.41, 5.74) is -0.321. The van der Waals surface area contributed by atoms with Gasteiger partial charge in [0, 0.05) is 18.6 Å². The lowest BCUT2D eigenvalue weighted by Gasteiger charge is -2.36. The molecule has 18 heavy (non-hydrogen) atoms. The Kier molecular flexibility index (Phi) is 3.82. The van der Waals surface area contributed by atoms with Gasteiger partial charge in [0.15, 0.2) is 0 Å². The molecule has 0 aromatic carbocycles. The highest BCUT2D eigenvalue weighted by Gasteiger charge is 2.35. The van der Waals surface area contributed by atoms with Crippen LogP contribution < -0.4 is 0 Å². The van der Waals surface area contributed by atoms with Crippen LogP contribution in [0.15, 0.2) is 0 Å². The van der Waals surface area contributed by atoms with Crippen LogP contribution in [0.4, 0.5) is 4.79 Å². The number of rotatable bonds is 3. The first-order chi connectivity index (χ1) is 8.38. The van der Waals surface area contributed by atoms with E-state index in [0.717, 1.165) is 32.7 Å². The van der Waals surface area contributed by atoms with Crippen molar-refractivity contribution >= 4 is 6.09 Å². The van der Waals surface area contributed by atoms with E-state index in [1.807, 2.05) is 20.8 Å². The monoisotopic (exact) mass is 256 g/mol. The molecule has 2 fully saturated rings. The van der Waals surface area contributed by atoms with E-state index in [2.05, 4.69) is 4.90 Å². The van der Waals surface area contributed by atoms with Crippen LogP contribution in [0.3, 0.4) is 0 Å². The molecule has 1 amide bonds. The third kappa shape index (κ3) is 2.95. The quantitative estimate of drug-likeness (QED) is 0.831. The molecule has 0 spiro atoms. The van der Waals surface area contributed by atoms with E-state index in [0.29, 0.717) is 18.5 Å². The molecule has 2 heterocycles. The van der Waals surface area contributed by atoms with Crippen LogP contribution in [-0.2, 0) is 4.74 Å². The van der Waals surface area contributed by atoms with E-state index in [9.17, 15) is 9.90 Å². The minimum absolute atomic E-state index is 0.321. The van der Waals surface area contributed by atoms with Crippen molar-refractivity contribution in [2.24, 2.45) is 5.92 Å². The van der Waals surface area contributed by atoms with Gasteiger partial charge in [-0.15, -0.1) is 0 Å². The number of amides is 1. The molecule has 2 aliphatic heterocycles. The Bertz CT molecular complexity index is 310. The van der Waals surface area contributed by atoms with Crippen molar-refractivity contribution in [1.82, 2.24) is 9.80 Å². The Morgan fingerprint density at radius 3 is 2.56 bits per heavy atom. The lowest BCUT2D eigenvalue weighted by molar-refractivity contribution is -0.0585. The van der Waals surface area contributed by atoms with Crippen LogP contribution in [0.5, 0.6) is 0 Å². The van der Waals surface area contributed by atoms with Crippen molar-refractivity contribution in [3.8, 4) is 0 Å². The predicted octanol–water partition coefficient (Wildman–Crippen LogP) is 1.49. The molecule has 2 saturated heterocycles. The first kappa shape index (κ1) is 13.6. The molecule has 0 bridgehead atoms. The van der Waals surface area contributed by atoms with Crippen molar-refractivity contribution < 1.29 is 14.6 Å². The second kappa shape index (κ2) is 5.05. The predicted molar refractivity (Wildman–Crippen MR) is 68.8 cm³/mol. The van der Waals surface area contributed by atoms with Crippen LogP contribution in [0.25, 0.3) is 0 Å². The summed E-state index contributed by atoms with van der Waals surface area (Å²) >= 11 is 0. The summed E-state index contributed by atoms with van der Waals surface area (Å²) in [5, 5.41) is 9.29. The average Bonchev–Trinajstić information content (AvgIpc) is 2.57. The van der Waals surface area contributed by atoms with Gasteiger partial charge in [0.05, 0.1) is 19.3 Å². The molecule has 0 unspecified atom stereocenters. The summed E-state index contributed by atoms with van der Waals surface area (Å²) in [6, 6.07) is 0.572. The number of ether oxygens (including phenoxy) is 1. The van der Waals surface area contributed by atoms with Crippen molar-refractivity contribution in [3.05, 3.63) is 0 Å². The maximum absolute atomic E-state index is 11.3. The SMILES string of the molecule is CC(C)(C)N(C[C@H]1CCN(C2COC2)C1)C(=O)O. The Morgan fingerprint density at radius 2 is 2.11 bits per heavy atom. The molecule has 5 nitrogen and oxygen atoms in total. The first-order valence-corrected chi connectivity index (χ1v) is 6.70. The summed E-state index contributed by atoms with van der Waals surface area (Å²) in [4.78, 5) is 15.3. The molecule has 0 aromatic rings. The van der Waals surface area contributed by atoms with Crippen LogP contribution in [-0.4, -0.2) is 65.4 Å². The average molecular weight is 256 g/mol. The summed E-state index contributed by atoms with van der Waals surface area (Å²) in [6.07, 6.45) is 0.282. The molecule has 0 saturated carbocycles. The van der Waals surface area contributed by atoms with Gasteiger partial charge in [0.1, 0.15) is 0 Å². The molecule has 0 aromatic heterocycles. The zero-order valence-electron chi connectivity index (χ0n) is 11.6. The third-order valence-corrected chi connectivity index (χ3v) is 3.94. The number of hydrogen-bond acceptors (Lipinski definition) is 3. The van der Waals surface area contributed by atoms with Gasteiger partial charge in [-0.05, 0) is 39.7 Å². The van der Waals surface area contributed by atoms with Crippen LogP contribution in [0.2, 0.25) is 0 Å². The molecule has 2 rings (SSSR count). The molecule has 5 heteroatoms. The minimum Gasteiger partial charge on any atom is -0.465 e. The third-order valence-electron chi connectivity index (χ3n) is 3.94. The summed E-state index contributed by atoms with van der Waals surface area (Å²) in [5.74, 6) is 0.459. The number of hydrogen-bond donors (Lipinski definition) is 1. The number of carbonyl (C=O) groups is 1. The number of nitrogens with zero attached hydrogens (tertiary/aromatic N) is 2. The normalized spacial score (nSPS) is 26.1. The standard InChI is InChI=1S/C13H24N2O3/c1-13(2,3)15(12(16)17)7-10-4-5-14(6-10)11-8-18-9-11/h10-11H,4-9H2,1-3H3,(H,16,17)/t10-/m0/s1. The topological polar surface area (TPSA) is 53.0 Å². The fraction of sp³-hybridized carbons (Fsp3) is 0.923. The van der Waals surface area contributed by atoms with Crippen LogP contribution in [0, 0.1) is 5.92 Å². The Balaban J connectivity index is 1.87. The van der Waals surface area contributed by atoms with Gasteiger partial charge >= 0.3 is 6.09 Å². The first-order valence-electron chi connectivity index (χ1n) is 6.70. The fourth-order valence-corrected chi connectivity index (χ4v) is 2.67. The molecule has 1 atom stereocenters. The Hall–Kier alpha value is -0.810. The molecular weight excluding hydrogens is 232 g/mol. The maximum Gasteiger partial charge on any atom is 0.407 e. The van der Waals surface area contributed by atoms with Crippen LogP contribution in [0.1, 0.15) is 27.2 Å². The fourth-order valence-electron chi connectivity index (χ4n) is 2.67. The summed E-state index contributed by atoms with van der Waals surface area (Å²) in [6.45, 7) is 10.3. The van der Waals surface area contributed by atoms with E-state index < -0.39 is 6.09 Å². The number of likely N-dealkylation sites (tertiary alicyclic amines) is 1. The number of carboxylic acid groups (broad SMARTS) is 1. The van der Waals surface area contributed by atoms with E-state index in [4.69, 9.17) is 4.74 Å². The smallest absolute Gasteiger partial charge is 0.407 e. The van der Waals surface area contributed by atoms with Gasteiger partial charge in [-0.1, -0.05) is 0 Å². The Labute approximate surface area is 109 Å². The second-order valence-electron chi connectivity index (χ2n) is 6.40. The highest BCUT2D eigenvalue weighted by atomic mass is 16.5. The molecular formula is C13H24N2O3. The van der Waals surface area contributed by atoms with Gasteiger partial charge in [-0.3, -0.25) is 4.90 Å². The van der Waals surface area contributed by atoms with Crippen molar-refractivity contribution in [2.75, 3.05) is 32.8 Å². The Morgan fingerprint density at radius 1 is 1.44 bits per heavy atom. The van der Waals surface area contributed by atoms with Gasteiger partial charge in [-0.2, -0.15) is 0 Å². The van der Waals surface area contributed by atoms with Gasteiger partial charge in [-0.25, -0.2) is 4.79 Å².